The lowest BCUT2D eigenvalue weighted by atomic mass is 10.0. The van der Waals surface area contributed by atoms with E-state index in [9.17, 15) is 0 Å². The Bertz CT molecular complexity index is 2170. The fourth-order valence-electron chi connectivity index (χ4n) is 6.65. The number of H-pyrrole nitrogens is 2. The van der Waals surface area contributed by atoms with E-state index in [0.29, 0.717) is 47.7 Å². The topological polar surface area (TPSA) is 113 Å². The Hall–Kier alpha value is -6.16. The zero-order chi connectivity index (χ0) is 37.6. The van der Waals surface area contributed by atoms with E-state index < -0.39 is 0 Å². The van der Waals surface area contributed by atoms with E-state index in [1.54, 1.807) is 28.4 Å². The molecule has 0 fully saturated rings. The molecule has 0 saturated carbocycles. The van der Waals surface area contributed by atoms with E-state index in [0.717, 1.165) is 92.8 Å². The summed E-state index contributed by atoms with van der Waals surface area (Å²) in [6.07, 6.45) is 12.0. The van der Waals surface area contributed by atoms with Crippen LogP contribution >= 0.6 is 0 Å². The quantitative estimate of drug-likeness (QED) is 0.107. The first-order chi connectivity index (χ1) is 26.5. The van der Waals surface area contributed by atoms with Crippen molar-refractivity contribution in [2.24, 2.45) is 0 Å². The molecule has 0 spiro atoms. The minimum atomic E-state index is 0.568. The smallest absolute Gasteiger partial charge is 0.203 e. The summed E-state index contributed by atoms with van der Waals surface area (Å²) in [5.74, 6) is 3.52. The Morgan fingerprint density at radius 1 is 0.500 bits per heavy atom. The summed E-state index contributed by atoms with van der Waals surface area (Å²) in [4.78, 5) is 17.5. The highest BCUT2D eigenvalue weighted by Crippen LogP contribution is 2.45. The molecule has 2 aliphatic rings. The van der Waals surface area contributed by atoms with Crippen molar-refractivity contribution in [1.29, 1.82) is 0 Å². The van der Waals surface area contributed by atoms with Crippen molar-refractivity contribution >= 4 is 46.4 Å². The van der Waals surface area contributed by atoms with Crippen molar-refractivity contribution < 1.29 is 28.4 Å². The normalized spacial score (nSPS) is 11.8. The molecule has 8 bridgehead atoms. The summed E-state index contributed by atoms with van der Waals surface area (Å²) in [6, 6.07) is 20.2. The number of hydrogen-bond donors (Lipinski definition) is 2. The van der Waals surface area contributed by atoms with Crippen LogP contribution in [0.3, 0.4) is 0 Å². The lowest BCUT2D eigenvalue weighted by molar-refractivity contribution is 0.270. The molecule has 0 saturated heterocycles. The Kier molecular flexibility index (Phi) is 10.9. The summed E-state index contributed by atoms with van der Waals surface area (Å²) >= 11 is 0. The summed E-state index contributed by atoms with van der Waals surface area (Å²) in [6.45, 7) is 5.40. The molecule has 3 aromatic heterocycles. The lowest BCUT2D eigenvalue weighted by Crippen LogP contribution is -2.02. The van der Waals surface area contributed by atoms with Gasteiger partial charge in [0.15, 0.2) is 23.0 Å². The van der Waals surface area contributed by atoms with E-state index >= 15 is 0 Å². The predicted molar refractivity (Wildman–Crippen MR) is 217 cm³/mol. The first-order valence-electron chi connectivity index (χ1n) is 18.4. The zero-order valence-electron chi connectivity index (χ0n) is 31.7. The lowest BCUT2D eigenvalue weighted by Gasteiger charge is -2.16. The zero-order valence-corrected chi connectivity index (χ0v) is 31.7. The molecule has 2 aromatic carbocycles. The summed E-state index contributed by atoms with van der Waals surface area (Å²) in [5, 5.41) is 0. The first kappa shape index (κ1) is 36.2. The van der Waals surface area contributed by atoms with E-state index in [-0.39, 0.29) is 0 Å². The van der Waals surface area contributed by atoms with Gasteiger partial charge in [-0.25, -0.2) is 9.97 Å². The molecule has 0 unspecified atom stereocenters. The van der Waals surface area contributed by atoms with Gasteiger partial charge in [0.25, 0.3) is 0 Å². The van der Waals surface area contributed by atoms with Crippen LogP contribution in [0.1, 0.15) is 62.3 Å². The van der Waals surface area contributed by atoms with E-state index in [1.165, 1.54) is 0 Å². The van der Waals surface area contributed by atoms with Gasteiger partial charge in [0.1, 0.15) is 0 Å². The van der Waals surface area contributed by atoms with Gasteiger partial charge in [0.2, 0.25) is 11.5 Å². The standard InChI is InChI=1S/C44H46N4O6/c1-7-9-19-53-43-37(49-3)21-27(22-38(43)50-4)41-33-15-11-29(45-33)25-31-13-17-35(47-31)42(36-18-14-32(48-36)26-30-12-16-34(41)46-30)28-23-39(51-5)44(40(24-28)52-6)54-20-10-8-2/h11-18,21-26,45,48H,7-10,19-20H2,1-6H3. The number of hydrogen-bond acceptors (Lipinski definition) is 8. The summed E-state index contributed by atoms with van der Waals surface area (Å²) < 4.78 is 35.6. The van der Waals surface area contributed by atoms with Gasteiger partial charge in [0.05, 0.1) is 64.4 Å². The highest BCUT2D eigenvalue weighted by atomic mass is 16.5. The van der Waals surface area contributed by atoms with Gasteiger partial charge in [-0.05, 0) is 109 Å². The van der Waals surface area contributed by atoms with Crippen LogP contribution in [0.4, 0.5) is 0 Å². The molecule has 5 aromatic rings. The molecule has 0 amide bonds. The number of fused-ring (bicyclic) bond motifs is 8. The molecule has 0 aliphatic carbocycles. The van der Waals surface area contributed by atoms with Crippen molar-refractivity contribution in [2.75, 3.05) is 41.7 Å². The second kappa shape index (κ2) is 16.2. The SMILES string of the molecule is CCCCOc1c(OC)cc(-c2c3nc(cc4ccc([nH]4)c(-c4cc(OC)c(OCCCC)c(OC)c4)c4nc(cc5ccc2[nH]5)C=C4)C=C3)cc1OC. The van der Waals surface area contributed by atoms with Gasteiger partial charge < -0.3 is 38.4 Å². The van der Waals surface area contributed by atoms with Crippen molar-refractivity contribution in [3.8, 4) is 56.8 Å². The maximum Gasteiger partial charge on any atom is 0.203 e. The second-order valence-electron chi connectivity index (χ2n) is 13.0. The van der Waals surface area contributed by atoms with Crippen molar-refractivity contribution in [3.05, 3.63) is 83.4 Å². The molecule has 2 aliphatic heterocycles. The second-order valence-corrected chi connectivity index (χ2v) is 13.0. The van der Waals surface area contributed by atoms with Crippen LogP contribution in [0.25, 0.3) is 68.6 Å². The third-order valence-electron chi connectivity index (χ3n) is 9.39. The largest absolute Gasteiger partial charge is 0.493 e. The number of unbranched alkanes of at least 4 members (excludes halogenated alkanes) is 2. The van der Waals surface area contributed by atoms with Gasteiger partial charge in [-0.3, -0.25) is 0 Å². The number of aromatic nitrogens is 4. The maximum absolute atomic E-state index is 6.14. The molecular formula is C44H46N4O6. The molecule has 5 heterocycles. The fourth-order valence-corrected chi connectivity index (χ4v) is 6.65. The van der Waals surface area contributed by atoms with Crippen LogP contribution in [-0.4, -0.2) is 61.6 Å². The number of benzene rings is 2. The molecule has 0 radical (unpaired) electrons. The summed E-state index contributed by atoms with van der Waals surface area (Å²) in [5.41, 5.74) is 10.2. The van der Waals surface area contributed by atoms with Crippen LogP contribution in [0.15, 0.2) is 60.7 Å². The van der Waals surface area contributed by atoms with Gasteiger partial charge in [-0.1, -0.05) is 26.7 Å². The van der Waals surface area contributed by atoms with Gasteiger partial charge >= 0.3 is 0 Å². The number of nitrogens with one attached hydrogen (secondary N) is 2. The van der Waals surface area contributed by atoms with Crippen LogP contribution < -0.4 is 28.4 Å². The molecule has 10 nitrogen and oxygen atoms in total. The average Bonchev–Trinajstić information content (AvgIpc) is 4.03. The van der Waals surface area contributed by atoms with Crippen molar-refractivity contribution in [3.63, 3.8) is 0 Å². The first-order valence-corrected chi connectivity index (χ1v) is 18.4. The Labute approximate surface area is 315 Å². The number of rotatable bonds is 14. The van der Waals surface area contributed by atoms with E-state index in [2.05, 4.69) is 35.9 Å². The average molecular weight is 727 g/mol. The third kappa shape index (κ3) is 7.37. The highest BCUT2D eigenvalue weighted by Gasteiger charge is 2.21. The molecule has 10 heteroatoms. The van der Waals surface area contributed by atoms with Crippen molar-refractivity contribution in [1.82, 2.24) is 19.9 Å². The minimum absolute atomic E-state index is 0.568. The Balaban J connectivity index is 1.44. The van der Waals surface area contributed by atoms with Crippen LogP contribution in [0, 0.1) is 0 Å². The molecule has 7 rings (SSSR count). The minimum Gasteiger partial charge on any atom is -0.493 e. The van der Waals surface area contributed by atoms with E-state index in [1.807, 2.05) is 72.8 Å². The summed E-state index contributed by atoms with van der Waals surface area (Å²) in [7, 11) is 6.57. The van der Waals surface area contributed by atoms with Crippen LogP contribution in [-0.2, 0) is 0 Å². The van der Waals surface area contributed by atoms with E-state index in [4.69, 9.17) is 38.4 Å². The number of aromatic amines is 2. The molecule has 54 heavy (non-hydrogen) atoms. The molecule has 0 atom stereocenters. The number of methoxy groups -OCH3 is 4. The van der Waals surface area contributed by atoms with Gasteiger partial charge in [-0.15, -0.1) is 0 Å². The van der Waals surface area contributed by atoms with Crippen molar-refractivity contribution in [2.45, 2.75) is 39.5 Å². The van der Waals surface area contributed by atoms with Gasteiger partial charge in [-0.2, -0.15) is 0 Å². The van der Waals surface area contributed by atoms with Gasteiger partial charge in [0, 0.05) is 33.2 Å². The Morgan fingerprint density at radius 3 is 1.24 bits per heavy atom. The number of nitrogens with zero attached hydrogens (tertiary/aromatic N) is 2. The molecular weight excluding hydrogens is 681 g/mol. The predicted octanol–water partition coefficient (Wildman–Crippen LogP) is 10.4. The highest BCUT2D eigenvalue weighted by molar-refractivity contribution is 5.94. The number of ether oxygens (including phenoxy) is 6. The third-order valence-corrected chi connectivity index (χ3v) is 9.39. The van der Waals surface area contributed by atoms with Crippen LogP contribution in [0.5, 0.6) is 34.5 Å². The maximum atomic E-state index is 6.14. The molecule has 278 valence electrons. The fraction of sp³-hybridized carbons (Fsp3) is 0.273. The Morgan fingerprint density at radius 2 is 0.889 bits per heavy atom. The van der Waals surface area contributed by atoms with Crippen LogP contribution in [0.2, 0.25) is 0 Å². The monoisotopic (exact) mass is 726 g/mol. The molecule has 2 N–H and O–H groups in total.